The van der Waals surface area contributed by atoms with Crippen LogP contribution in [0.1, 0.15) is 5.56 Å². The molecule has 2 rings (SSSR count). The standard InChI is InChI=1S/C12H13ClN2/c13-11-3-1-10(2-4-11)12-7-9(5-6-14)8-15-12/h1-4,7-8,15H,5-6,14H2. The van der Waals surface area contributed by atoms with E-state index in [4.69, 9.17) is 17.3 Å². The summed E-state index contributed by atoms with van der Waals surface area (Å²) >= 11 is 5.83. The lowest BCUT2D eigenvalue weighted by Crippen LogP contribution is -2.01. The van der Waals surface area contributed by atoms with Crippen molar-refractivity contribution in [2.45, 2.75) is 6.42 Å². The van der Waals surface area contributed by atoms with Gasteiger partial charge in [0.05, 0.1) is 0 Å². The summed E-state index contributed by atoms with van der Waals surface area (Å²) in [6.07, 6.45) is 2.90. The molecule has 2 nitrogen and oxygen atoms in total. The minimum Gasteiger partial charge on any atom is -0.361 e. The van der Waals surface area contributed by atoms with Gasteiger partial charge in [0.15, 0.2) is 0 Å². The Kier molecular flexibility index (Phi) is 3.09. The highest BCUT2D eigenvalue weighted by Crippen LogP contribution is 2.21. The Hall–Kier alpha value is -1.25. The molecule has 0 saturated carbocycles. The lowest BCUT2D eigenvalue weighted by atomic mass is 10.1. The molecule has 0 amide bonds. The third-order valence-corrected chi connectivity index (χ3v) is 2.58. The SMILES string of the molecule is NCCc1c[nH]c(-c2ccc(Cl)cc2)c1. The summed E-state index contributed by atoms with van der Waals surface area (Å²) < 4.78 is 0. The first-order valence-corrected chi connectivity index (χ1v) is 5.30. The average molecular weight is 221 g/mol. The molecule has 0 aliphatic rings. The monoisotopic (exact) mass is 220 g/mol. The van der Waals surface area contributed by atoms with Gasteiger partial charge in [-0.25, -0.2) is 0 Å². The average Bonchev–Trinajstić information content (AvgIpc) is 2.68. The molecule has 1 aromatic heterocycles. The number of nitrogens with two attached hydrogens (primary N) is 1. The molecule has 3 N–H and O–H groups in total. The van der Waals surface area contributed by atoms with Gasteiger partial charge in [-0.2, -0.15) is 0 Å². The molecule has 0 spiro atoms. The number of hydrogen-bond donors (Lipinski definition) is 2. The van der Waals surface area contributed by atoms with Gasteiger partial charge in [0.25, 0.3) is 0 Å². The number of aromatic nitrogens is 1. The summed E-state index contributed by atoms with van der Waals surface area (Å²) in [5.74, 6) is 0. The fourth-order valence-electron chi connectivity index (χ4n) is 1.55. The van der Waals surface area contributed by atoms with Crippen molar-refractivity contribution in [3.8, 4) is 11.3 Å². The predicted octanol–water partition coefficient (Wildman–Crippen LogP) is 2.84. The molecule has 0 fully saturated rings. The highest BCUT2D eigenvalue weighted by molar-refractivity contribution is 6.30. The Morgan fingerprint density at radius 3 is 2.60 bits per heavy atom. The quantitative estimate of drug-likeness (QED) is 0.821. The number of nitrogens with one attached hydrogen (secondary N) is 1. The van der Waals surface area contributed by atoms with Crippen LogP contribution in [0.25, 0.3) is 11.3 Å². The Morgan fingerprint density at radius 1 is 1.20 bits per heavy atom. The van der Waals surface area contributed by atoms with E-state index in [1.807, 2.05) is 30.5 Å². The topological polar surface area (TPSA) is 41.8 Å². The molecule has 0 atom stereocenters. The van der Waals surface area contributed by atoms with Crippen molar-refractivity contribution in [3.05, 3.63) is 47.1 Å². The van der Waals surface area contributed by atoms with Crippen LogP contribution in [-0.4, -0.2) is 11.5 Å². The van der Waals surface area contributed by atoms with E-state index in [0.717, 1.165) is 22.7 Å². The molecule has 0 aliphatic heterocycles. The van der Waals surface area contributed by atoms with Crippen molar-refractivity contribution in [1.82, 2.24) is 4.98 Å². The van der Waals surface area contributed by atoms with Gasteiger partial charge in [0, 0.05) is 16.9 Å². The second-order valence-corrected chi connectivity index (χ2v) is 3.90. The zero-order chi connectivity index (χ0) is 10.7. The van der Waals surface area contributed by atoms with Crippen LogP contribution in [0.2, 0.25) is 5.02 Å². The van der Waals surface area contributed by atoms with Gasteiger partial charge in [-0.05, 0) is 42.3 Å². The number of H-pyrrole nitrogens is 1. The molecule has 0 bridgehead atoms. The Bertz CT molecular complexity index is 431. The summed E-state index contributed by atoms with van der Waals surface area (Å²) in [6, 6.07) is 9.90. The summed E-state index contributed by atoms with van der Waals surface area (Å²) in [4.78, 5) is 3.23. The number of benzene rings is 1. The van der Waals surface area contributed by atoms with E-state index in [1.54, 1.807) is 0 Å². The predicted molar refractivity (Wildman–Crippen MR) is 64.0 cm³/mol. The van der Waals surface area contributed by atoms with Crippen LogP contribution >= 0.6 is 11.6 Å². The summed E-state index contributed by atoms with van der Waals surface area (Å²) in [5, 5.41) is 0.757. The van der Waals surface area contributed by atoms with E-state index >= 15 is 0 Å². The molecular formula is C12H13ClN2. The zero-order valence-electron chi connectivity index (χ0n) is 8.33. The maximum atomic E-state index is 5.83. The molecular weight excluding hydrogens is 208 g/mol. The van der Waals surface area contributed by atoms with Crippen LogP contribution in [0, 0.1) is 0 Å². The second kappa shape index (κ2) is 4.51. The third kappa shape index (κ3) is 2.41. The van der Waals surface area contributed by atoms with Gasteiger partial charge in [-0.15, -0.1) is 0 Å². The van der Waals surface area contributed by atoms with Crippen LogP contribution in [0.3, 0.4) is 0 Å². The van der Waals surface area contributed by atoms with Gasteiger partial charge in [-0.1, -0.05) is 23.7 Å². The number of hydrogen-bond acceptors (Lipinski definition) is 1. The van der Waals surface area contributed by atoms with Crippen molar-refractivity contribution in [3.63, 3.8) is 0 Å². The first-order chi connectivity index (χ1) is 7.29. The third-order valence-electron chi connectivity index (χ3n) is 2.33. The molecule has 15 heavy (non-hydrogen) atoms. The van der Waals surface area contributed by atoms with Gasteiger partial charge in [0.2, 0.25) is 0 Å². The number of rotatable bonds is 3. The fraction of sp³-hybridized carbons (Fsp3) is 0.167. The first kappa shape index (κ1) is 10.3. The first-order valence-electron chi connectivity index (χ1n) is 4.93. The van der Waals surface area contributed by atoms with E-state index in [0.29, 0.717) is 6.54 Å². The van der Waals surface area contributed by atoms with Crippen LogP contribution < -0.4 is 5.73 Å². The summed E-state index contributed by atoms with van der Waals surface area (Å²) in [5.41, 5.74) is 8.98. The summed E-state index contributed by atoms with van der Waals surface area (Å²) in [6.45, 7) is 0.678. The molecule has 1 heterocycles. The largest absolute Gasteiger partial charge is 0.361 e. The Morgan fingerprint density at radius 2 is 1.93 bits per heavy atom. The van der Waals surface area contributed by atoms with Crippen molar-refractivity contribution < 1.29 is 0 Å². The van der Waals surface area contributed by atoms with Crippen molar-refractivity contribution in [2.75, 3.05) is 6.54 Å². The zero-order valence-corrected chi connectivity index (χ0v) is 9.09. The van der Waals surface area contributed by atoms with E-state index in [2.05, 4.69) is 11.1 Å². The maximum absolute atomic E-state index is 5.83. The van der Waals surface area contributed by atoms with E-state index < -0.39 is 0 Å². The Labute approximate surface area is 94.1 Å². The molecule has 0 saturated heterocycles. The molecule has 0 unspecified atom stereocenters. The summed E-state index contributed by atoms with van der Waals surface area (Å²) in [7, 11) is 0. The van der Waals surface area contributed by atoms with Crippen LogP contribution in [0.15, 0.2) is 36.5 Å². The van der Waals surface area contributed by atoms with Crippen LogP contribution in [-0.2, 0) is 6.42 Å². The number of halogens is 1. The highest BCUT2D eigenvalue weighted by Gasteiger charge is 2.01. The minimum atomic E-state index is 0.678. The highest BCUT2D eigenvalue weighted by atomic mass is 35.5. The van der Waals surface area contributed by atoms with E-state index in [1.165, 1.54) is 5.56 Å². The molecule has 0 aliphatic carbocycles. The van der Waals surface area contributed by atoms with E-state index in [9.17, 15) is 0 Å². The van der Waals surface area contributed by atoms with Gasteiger partial charge in [0.1, 0.15) is 0 Å². The fourth-order valence-corrected chi connectivity index (χ4v) is 1.67. The van der Waals surface area contributed by atoms with E-state index in [-0.39, 0.29) is 0 Å². The second-order valence-electron chi connectivity index (χ2n) is 3.47. The molecule has 0 radical (unpaired) electrons. The molecule has 1 aromatic carbocycles. The Balaban J connectivity index is 2.25. The van der Waals surface area contributed by atoms with Gasteiger partial charge >= 0.3 is 0 Å². The molecule has 3 heteroatoms. The minimum absolute atomic E-state index is 0.678. The maximum Gasteiger partial charge on any atom is 0.0456 e. The van der Waals surface area contributed by atoms with Crippen LogP contribution in [0.4, 0.5) is 0 Å². The van der Waals surface area contributed by atoms with Crippen LogP contribution in [0.5, 0.6) is 0 Å². The number of aromatic amines is 1. The van der Waals surface area contributed by atoms with Gasteiger partial charge < -0.3 is 10.7 Å². The normalized spacial score (nSPS) is 10.5. The molecule has 78 valence electrons. The van der Waals surface area contributed by atoms with Crippen molar-refractivity contribution >= 4 is 11.6 Å². The lowest BCUT2D eigenvalue weighted by Gasteiger charge is -1.97. The van der Waals surface area contributed by atoms with Gasteiger partial charge in [-0.3, -0.25) is 0 Å². The van der Waals surface area contributed by atoms with Crippen molar-refractivity contribution in [2.24, 2.45) is 5.73 Å². The smallest absolute Gasteiger partial charge is 0.0456 e. The lowest BCUT2D eigenvalue weighted by molar-refractivity contribution is 0.971. The molecule has 2 aromatic rings. The van der Waals surface area contributed by atoms with Crippen molar-refractivity contribution in [1.29, 1.82) is 0 Å².